The predicted octanol–water partition coefficient (Wildman–Crippen LogP) is 3.51. The summed E-state index contributed by atoms with van der Waals surface area (Å²) in [5.41, 5.74) is 1.10. The van der Waals surface area contributed by atoms with Crippen LogP contribution in [-0.2, 0) is 14.3 Å². The first-order chi connectivity index (χ1) is 11.3. The number of hydrogen-bond acceptors (Lipinski definition) is 5. The monoisotopic (exact) mass is 329 g/mol. The van der Waals surface area contributed by atoms with Crippen molar-refractivity contribution in [2.24, 2.45) is 5.41 Å². The highest BCUT2D eigenvalue weighted by atomic mass is 16.5. The molecule has 1 aromatic carbocycles. The topological polar surface area (TPSA) is 72.5 Å². The first-order valence-electron chi connectivity index (χ1n) is 8.13. The van der Waals surface area contributed by atoms with E-state index in [1.807, 2.05) is 20.8 Å². The Hall–Kier alpha value is -2.43. The first-order valence-corrected chi connectivity index (χ1v) is 8.13. The van der Waals surface area contributed by atoms with Gasteiger partial charge in [0.2, 0.25) is 0 Å². The van der Waals surface area contributed by atoms with Crippen LogP contribution in [0.4, 0.5) is 5.69 Å². The number of Topliss-reactive ketones (excluding diaryl/α,β-unsaturated/α-hetero) is 2. The van der Waals surface area contributed by atoms with E-state index in [0.29, 0.717) is 30.7 Å². The summed E-state index contributed by atoms with van der Waals surface area (Å²) in [6.45, 7) is 6.17. The minimum absolute atomic E-state index is 0.136. The number of ether oxygens (including phenoxy) is 1. The average Bonchev–Trinajstić information content (AvgIpc) is 2.51. The zero-order valence-corrected chi connectivity index (χ0v) is 14.3. The van der Waals surface area contributed by atoms with Crippen LogP contribution in [0, 0.1) is 5.41 Å². The van der Waals surface area contributed by atoms with Gasteiger partial charge in [-0.25, -0.2) is 4.79 Å². The molecule has 128 valence electrons. The fourth-order valence-corrected chi connectivity index (χ4v) is 2.57. The standard InChI is InChI=1S/C19H23NO4/c1-4-9-24-18(23)13-5-7-14(8-6-13)20-12-15-16(21)10-19(2,3)11-17(15)22/h5-8,12,20H,4,9-11H2,1-3H3. The van der Waals surface area contributed by atoms with E-state index in [2.05, 4.69) is 5.32 Å². The summed E-state index contributed by atoms with van der Waals surface area (Å²) in [5.74, 6) is -0.631. The van der Waals surface area contributed by atoms with Crippen molar-refractivity contribution in [3.05, 3.63) is 41.6 Å². The number of allylic oxidation sites excluding steroid dienone is 1. The van der Waals surface area contributed by atoms with Crippen molar-refractivity contribution in [3.8, 4) is 0 Å². The highest BCUT2D eigenvalue weighted by Gasteiger charge is 2.35. The number of benzene rings is 1. The lowest BCUT2D eigenvalue weighted by Crippen LogP contribution is -2.31. The van der Waals surface area contributed by atoms with E-state index in [1.54, 1.807) is 24.3 Å². The number of rotatable bonds is 5. The van der Waals surface area contributed by atoms with E-state index in [9.17, 15) is 14.4 Å². The molecule has 0 saturated heterocycles. The number of esters is 1. The van der Waals surface area contributed by atoms with Gasteiger partial charge in [-0.2, -0.15) is 0 Å². The van der Waals surface area contributed by atoms with Gasteiger partial charge in [-0.05, 0) is 36.1 Å². The van der Waals surface area contributed by atoms with Crippen LogP contribution in [0.15, 0.2) is 36.0 Å². The molecular formula is C19H23NO4. The molecule has 5 heteroatoms. The van der Waals surface area contributed by atoms with E-state index in [-0.39, 0.29) is 28.5 Å². The molecule has 1 saturated carbocycles. The second kappa shape index (κ2) is 7.43. The molecule has 0 atom stereocenters. The molecule has 0 aromatic heterocycles. The van der Waals surface area contributed by atoms with Gasteiger partial charge >= 0.3 is 5.97 Å². The smallest absolute Gasteiger partial charge is 0.338 e. The van der Waals surface area contributed by atoms with Crippen molar-refractivity contribution < 1.29 is 19.1 Å². The summed E-state index contributed by atoms with van der Waals surface area (Å²) < 4.78 is 5.06. The Labute approximate surface area is 142 Å². The summed E-state index contributed by atoms with van der Waals surface area (Å²) in [6.07, 6.45) is 2.98. The Morgan fingerprint density at radius 3 is 2.29 bits per heavy atom. The van der Waals surface area contributed by atoms with Crippen LogP contribution in [0.25, 0.3) is 0 Å². The molecule has 1 fully saturated rings. The zero-order chi connectivity index (χ0) is 17.7. The van der Waals surface area contributed by atoms with E-state index in [4.69, 9.17) is 4.74 Å². The maximum Gasteiger partial charge on any atom is 0.338 e. The molecule has 24 heavy (non-hydrogen) atoms. The molecule has 0 bridgehead atoms. The van der Waals surface area contributed by atoms with Crippen LogP contribution < -0.4 is 5.32 Å². The summed E-state index contributed by atoms with van der Waals surface area (Å²) in [4.78, 5) is 35.9. The number of nitrogens with one attached hydrogen (secondary N) is 1. The van der Waals surface area contributed by atoms with Crippen molar-refractivity contribution >= 4 is 23.2 Å². The van der Waals surface area contributed by atoms with Gasteiger partial charge in [0.1, 0.15) is 0 Å². The van der Waals surface area contributed by atoms with Gasteiger partial charge in [0.25, 0.3) is 0 Å². The maximum absolute atomic E-state index is 12.1. The minimum atomic E-state index is -0.360. The van der Waals surface area contributed by atoms with Crippen molar-refractivity contribution in [1.29, 1.82) is 0 Å². The normalized spacial score (nSPS) is 16.7. The molecule has 0 amide bonds. The van der Waals surface area contributed by atoms with Crippen LogP contribution in [0.2, 0.25) is 0 Å². The highest BCUT2D eigenvalue weighted by Crippen LogP contribution is 2.33. The van der Waals surface area contributed by atoms with Gasteiger partial charge in [0.15, 0.2) is 11.6 Å². The molecule has 0 unspecified atom stereocenters. The zero-order valence-electron chi connectivity index (χ0n) is 14.3. The molecule has 5 nitrogen and oxygen atoms in total. The van der Waals surface area contributed by atoms with Crippen LogP contribution in [-0.4, -0.2) is 24.1 Å². The van der Waals surface area contributed by atoms with E-state index in [0.717, 1.165) is 6.42 Å². The summed E-state index contributed by atoms with van der Waals surface area (Å²) in [5, 5.41) is 2.96. The summed E-state index contributed by atoms with van der Waals surface area (Å²) >= 11 is 0. The maximum atomic E-state index is 12.1. The van der Waals surface area contributed by atoms with Crippen molar-refractivity contribution in [2.75, 3.05) is 11.9 Å². The third-order valence-electron chi connectivity index (χ3n) is 3.82. The molecule has 1 aliphatic carbocycles. The van der Waals surface area contributed by atoms with Gasteiger partial charge in [-0.3, -0.25) is 9.59 Å². The second-order valence-electron chi connectivity index (χ2n) is 6.78. The van der Waals surface area contributed by atoms with E-state index in [1.165, 1.54) is 6.20 Å². The number of ketones is 2. The SMILES string of the molecule is CCCOC(=O)c1ccc(NC=C2C(=O)CC(C)(C)CC2=O)cc1. The fourth-order valence-electron chi connectivity index (χ4n) is 2.57. The largest absolute Gasteiger partial charge is 0.462 e. The minimum Gasteiger partial charge on any atom is -0.462 e. The third kappa shape index (κ3) is 4.54. The van der Waals surface area contributed by atoms with Gasteiger partial charge in [-0.15, -0.1) is 0 Å². The lowest BCUT2D eigenvalue weighted by atomic mass is 9.74. The molecule has 0 radical (unpaired) electrons. The Morgan fingerprint density at radius 1 is 1.17 bits per heavy atom. The summed E-state index contributed by atoms with van der Waals surface area (Å²) in [6, 6.07) is 6.71. The molecule has 0 aliphatic heterocycles. The highest BCUT2D eigenvalue weighted by molar-refractivity contribution is 6.22. The first kappa shape index (κ1) is 17.9. The predicted molar refractivity (Wildman–Crippen MR) is 91.8 cm³/mol. The van der Waals surface area contributed by atoms with Gasteiger partial charge in [0, 0.05) is 24.7 Å². The molecule has 0 spiro atoms. The average molecular weight is 329 g/mol. The molecule has 0 heterocycles. The van der Waals surface area contributed by atoms with Crippen LogP contribution in [0.5, 0.6) is 0 Å². The van der Waals surface area contributed by atoms with Crippen LogP contribution in [0.3, 0.4) is 0 Å². The number of anilines is 1. The molecular weight excluding hydrogens is 306 g/mol. The molecule has 1 N–H and O–H groups in total. The van der Waals surface area contributed by atoms with Gasteiger partial charge in [0.05, 0.1) is 17.7 Å². The van der Waals surface area contributed by atoms with Crippen LogP contribution >= 0.6 is 0 Å². The number of hydrogen-bond donors (Lipinski definition) is 1. The fraction of sp³-hybridized carbons (Fsp3) is 0.421. The Bertz CT molecular complexity index is 649. The van der Waals surface area contributed by atoms with Gasteiger partial charge < -0.3 is 10.1 Å². The molecule has 1 aliphatic rings. The lowest BCUT2D eigenvalue weighted by molar-refractivity contribution is -0.127. The van der Waals surface area contributed by atoms with Crippen LogP contribution in [0.1, 0.15) is 50.4 Å². The Balaban J connectivity index is 2.03. The van der Waals surface area contributed by atoms with E-state index < -0.39 is 0 Å². The summed E-state index contributed by atoms with van der Waals surface area (Å²) in [7, 11) is 0. The van der Waals surface area contributed by atoms with E-state index >= 15 is 0 Å². The molecule has 2 rings (SSSR count). The number of carbonyl (C=O) groups excluding carboxylic acids is 3. The lowest BCUT2D eigenvalue weighted by Gasteiger charge is -2.28. The Morgan fingerprint density at radius 2 is 1.75 bits per heavy atom. The quantitative estimate of drug-likeness (QED) is 0.508. The van der Waals surface area contributed by atoms with Crippen molar-refractivity contribution in [1.82, 2.24) is 0 Å². The van der Waals surface area contributed by atoms with Crippen molar-refractivity contribution in [3.63, 3.8) is 0 Å². The van der Waals surface area contributed by atoms with Gasteiger partial charge in [-0.1, -0.05) is 20.8 Å². The second-order valence-corrected chi connectivity index (χ2v) is 6.78. The number of carbonyl (C=O) groups is 3. The third-order valence-corrected chi connectivity index (χ3v) is 3.82. The van der Waals surface area contributed by atoms with Crippen molar-refractivity contribution in [2.45, 2.75) is 40.0 Å². The Kier molecular flexibility index (Phi) is 5.54. The molecule has 1 aromatic rings.